The number of unbranched alkanes of at least 4 members (excludes halogenated alkanes) is 1. The first-order chi connectivity index (χ1) is 13.0. The van der Waals surface area contributed by atoms with Crippen molar-refractivity contribution in [2.45, 2.75) is 52.9 Å². The lowest BCUT2D eigenvalue weighted by atomic mass is 10.0. The zero-order valence-electron chi connectivity index (χ0n) is 16.8. The second-order valence-corrected chi connectivity index (χ2v) is 8.14. The molecule has 1 aliphatic rings. The minimum atomic E-state index is -0.772. The molecular weight excluding hydrogens is 357 g/mol. The van der Waals surface area contributed by atoms with Gasteiger partial charge in [-0.3, -0.25) is 0 Å². The van der Waals surface area contributed by atoms with Gasteiger partial charge in [0, 0.05) is 10.5 Å². The fraction of sp³-hybridized carbons (Fsp3) is 0.478. The summed E-state index contributed by atoms with van der Waals surface area (Å²) in [5.74, 6) is 0.907. The van der Waals surface area contributed by atoms with Crippen LogP contribution in [0.3, 0.4) is 0 Å². The number of thioether (sulfide) groups is 1. The van der Waals surface area contributed by atoms with Gasteiger partial charge in [-0.25, -0.2) is 0 Å². The van der Waals surface area contributed by atoms with Crippen LogP contribution in [-0.2, 0) is 6.42 Å². The van der Waals surface area contributed by atoms with Crippen molar-refractivity contribution in [2.24, 2.45) is 5.92 Å². The van der Waals surface area contributed by atoms with Crippen LogP contribution < -0.4 is 10.1 Å². The van der Waals surface area contributed by atoms with Crippen molar-refractivity contribution >= 4 is 16.7 Å². The van der Waals surface area contributed by atoms with Crippen molar-refractivity contribution in [3.8, 4) is 5.75 Å². The van der Waals surface area contributed by atoms with Gasteiger partial charge in [0.1, 0.15) is 5.75 Å². The van der Waals surface area contributed by atoms with E-state index in [0.29, 0.717) is 11.7 Å². The molecule has 1 aromatic carbocycles. The Morgan fingerprint density at radius 1 is 1.22 bits per heavy atom. The number of hydrogen-bond acceptors (Lipinski definition) is 3. The van der Waals surface area contributed by atoms with Crippen molar-refractivity contribution in [3.05, 3.63) is 59.0 Å². The third kappa shape index (κ3) is 7.19. The second-order valence-electron chi connectivity index (χ2n) is 6.97. The maximum absolute atomic E-state index is 13.3. The molecule has 1 N–H and O–H groups in total. The Morgan fingerprint density at radius 2 is 2.04 bits per heavy atom. The van der Waals surface area contributed by atoms with E-state index in [4.69, 9.17) is 4.74 Å². The van der Waals surface area contributed by atoms with Crippen LogP contribution in [0, 0.1) is 5.92 Å². The molecule has 1 aromatic rings. The van der Waals surface area contributed by atoms with E-state index in [2.05, 4.69) is 50.9 Å². The molecule has 0 spiro atoms. The highest BCUT2D eigenvalue weighted by molar-refractivity contribution is 8.11. The summed E-state index contributed by atoms with van der Waals surface area (Å²) in [7, 11) is 0. The molecule has 0 saturated heterocycles. The van der Waals surface area contributed by atoms with Gasteiger partial charge < -0.3 is 10.1 Å². The smallest absolute Gasteiger partial charge is 0.270 e. The molecule has 4 heteroatoms. The molecule has 0 radical (unpaired) electrons. The van der Waals surface area contributed by atoms with Crippen LogP contribution in [0.4, 0.5) is 4.39 Å². The van der Waals surface area contributed by atoms with E-state index in [1.54, 1.807) is 11.8 Å². The molecule has 1 unspecified atom stereocenters. The fourth-order valence-electron chi connectivity index (χ4n) is 3.14. The first-order valence-electron chi connectivity index (χ1n) is 10.00. The number of nitrogens with one attached hydrogen (secondary N) is 1. The normalized spacial score (nSPS) is 16.7. The summed E-state index contributed by atoms with van der Waals surface area (Å²) in [4.78, 5) is 2.49. The van der Waals surface area contributed by atoms with E-state index in [1.807, 2.05) is 12.1 Å². The molecule has 1 heterocycles. The average molecular weight is 390 g/mol. The van der Waals surface area contributed by atoms with Gasteiger partial charge in [0.15, 0.2) is 0 Å². The van der Waals surface area contributed by atoms with Crippen molar-refractivity contribution in [2.75, 3.05) is 13.1 Å². The van der Waals surface area contributed by atoms with Crippen LogP contribution in [0.5, 0.6) is 5.75 Å². The first-order valence-corrected chi connectivity index (χ1v) is 10.8. The SMILES string of the molecule is C=C(F)Oc1ccc(CCCCNCCC)cc1C1=CC(C)C=C(CC)S1. The van der Waals surface area contributed by atoms with Gasteiger partial charge in [-0.2, -0.15) is 4.39 Å². The fourth-order valence-corrected chi connectivity index (χ4v) is 4.40. The molecular formula is C23H32FNOS. The second kappa shape index (κ2) is 11.4. The van der Waals surface area contributed by atoms with Crippen LogP contribution >= 0.6 is 11.8 Å². The van der Waals surface area contributed by atoms with Gasteiger partial charge in [-0.05, 0) is 80.3 Å². The molecule has 0 aromatic heterocycles. The quantitative estimate of drug-likeness (QED) is 0.330. The third-order valence-corrected chi connectivity index (χ3v) is 5.74. The Morgan fingerprint density at radius 3 is 2.74 bits per heavy atom. The molecule has 0 fully saturated rings. The van der Waals surface area contributed by atoms with Gasteiger partial charge in [-0.15, -0.1) is 0 Å². The van der Waals surface area contributed by atoms with Crippen molar-refractivity contribution < 1.29 is 9.13 Å². The standard InChI is InChI=1S/C23H32FNOS/c1-5-12-25-13-8-7-9-19-10-11-22(26-18(4)24)21(16-19)23-15-17(3)14-20(6-2)27-23/h10-11,14-17,25H,4-9,12-13H2,1-3H3. The molecule has 1 aliphatic heterocycles. The van der Waals surface area contributed by atoms with Crippen molar-refractivity contribution in [1.29, 1.82) is 0 Å². The summed E-state index contributed by atoms with van der Waals surface area (Å²) in [5.41, 5.74) is 2.23. The van der Waals surface area contributed by atoms with E-state index >= 15 is 0 Å². The van der Waals surface area contributed by atoms with Gasteiger partial charge in [0.25, 0.3) is 6.01 Å². The van der Waals surface area contributed by atoms with E-state index in [9.17, 15) is 4.39 Å². The number of rotatable bonds is 11. The molecule has 0 saturated carbocycles. The maximum Gasteiger partial charge on any atom is 0.270 e. The topological polar surface area (TPSA) is 21.3 Å². The van der Waals surface area contributed by atoms with Gasteiger partial charge in [-0.1, -0.05) is 50.8 Å². The third-order valence-electron chi connectivity index (χ3n) is 4.48. The number of allylic oxidation sites excluding steroid dienone is 3. The zero-order valence-corrected chi connectivity index (χ0v) is 17.6. The predicted molar refractivity (Wildman–Crippen MR) is 117 cm³/mol. The van der Waals surface area contributed by atoms with E-state index in [-0.39, 0.29) is 0 Å². The zero-order chi connectivity index (χ0) is 19.6. The first kappa shape index (κ1) is 21.8. The highest BCUT2D eigenvalue weighted by Crippen LogP contribution is 2.44. The van der Waals surface area contributed by atoms with Crippen molar-refractivity contribution in [3.63, 3.8) is 0 Å². The Hall–Kier alpha value is -1.52. The molecule has 0 bridgehead atoms. The van der Waals surface area contributed by atoms with E-state index < -0.39 is 6.01 Å². The number of hydrogen-bond donors (Lipinski definition) is 1. The Labute approximate surface area is 168 Å². The molecule has 148 valence electrons. The molecule has 27 heavy (non-hydrogen) atoms. The summed E-state index contributed by atoms with van der Waals surface area (Å²) in [6, 6.07) is 5.30. The summed E-state index contributed by atoms with van der Waals surface area (Å²) in [6.07, 6.45) is 10.00. The number of benzene rings is 1. The Balaban J connectivity index is 2.13. The van der Waals surface area contributed by atoms with Crippen molar-refractivity contribution in [1.82, 2.24) is 5.32 Å². The number of ether oxygens (including phenoxy) is 1. The molecule has 0 amide bonds. The van der Waals surface area contributed by atoms with Crippen LogP contribution in [0.2, 0.25) is 0 Å². The summed E-state index contributed by atoms with van der Waals surface area (Å²) in [5, 5.41) is 3.44. The largest absolute Gasteiger partial charge is 0.431 e. The van der Waals surface area contributed by atoms with Gasteiger partial charge >= 0.3 is 0 Å². The van der Waals surface area contributed by atoms with E-state index in [0.717, 1.165) is 49.2 Å². The minimum Gasteiger partial charge on any atom is -0.431 e. The minimum absolute atomic E-state index is 0.367. The Kier molecular flexibility index (Phi) is 9.16. The maximum atomic E-state index is 13.3. The summed E-state index contributed by atoms with van der Waals surface area (Å²) in [6.45, 7) is 11.9. The lowest BCUT2D eigenvalue weighted by molar-refractivity contribution is 0.304. The molecule has 1 atom stereocenters. The average Bonchev–Trinajstić information content (AvgIpc) is 2.64. The lowest BCUT2D eigenvalue weighted by Gasteiger charge is -2.20. The van der Waals surface area contributed by atoms with Gasteiger partial charge in [0.2, 0.25) is 0 Å². The highest BCUT2D eigenvalue weighted by atomic mass is 32.2. The lowest BCUT2D eigenvalue weighted by Crippen LogP contribution is -2.15. The van der Waals surface area contributed by atoms with Crippen LogP contribution in [0.15, 0.2) is 47.8 Å². The van der Waals surface area contributed by atoms with E-state index in [1.165, 1.54) is 16.9 Å². The molecule has 2 nitrogen and oxygen atoms in total. The molecule has 0 aliphatic carbocycles. The number of aryl methyl sites for hydroxylation is 1. The molecule has 2 rings (SSSR count). The summed E-state index contributed by atoms with van der Waals surface area (Å²) >= 11 is 1.76. The predicted octanol–water partition coefficient (Wildman–Crippen LogP) is 6.85. The van der Waals surface area contributed by atoms with Crippen LogP contribution in [-0.4, -0.2) is 13.1 Å². The Bertz CT molecular complexity index is 696. The van der Waals surface area contributed by atoms with Gasteiger partial charge in [0.05, 0.1) is 0 Å². The number of halogens is 1. The monoisotopic (exact) mass is 389 g/mol. The summed E-state index contributed by atoms with van der Waals surface area (Å²) < 4.78 is 18.6. The van der Waals surface area contributed by atoms with Crippen LogP contribution in [0.25, 0.3) is 4.91 Å². The highest BCUT2D eigenvalue weighted by Gasteiger charge is 2.18. The van der Waals surface area contributed by atoms with Crippen LogP contribution in [0.1, 0.15) is 57.6 Å².